The van der Waals surface area contributed by atoms with Crippen molar-refractivity contribution in [3.8, 4) is 0 Å². The molecule has 0 aliphatic carbocycles. The minimum Gasteiger partial charge on any atom is -0.396 e. The zero-order valence-corrected chi connectivity index (χ0v) is 25.3. The SMILES string of the molecule is C=Cc1c(C)c2cc3nc(c(C)c4nc(cc5[nH]c(cc1[nH]2)c(C)c5CC)C(C)=C4)C[C@@H]3C.CC.CCCO. The molecular weight excluding hydrogens is 480 g/mol. The fourth-order valence-corrected chi connectivity index (χ4v) is 5.14. The van der Waals surface area contributed by atoms with Gasteiger partial charge in [0.1, 0.15) is 0 Å². The van der Waals surface area contributed by atoms with Crippen molar-refractivity contribution in [1.82, 2.24) is 19.9 Å². The Morgan fingerprint density at radius 2 is 1.56 bits per heavy atom. The van der Waals surface area contributed by atoms with Crippen LogP contribution in [0.5, 0.6) is 0 Å². The molecule has 8 bridgehead atoms. The number of fused-ring (bicyclic) bond motifs is 8. The zero-order chi connectivity index (χ0) is 28.9. The number of aliphatic hydroxyl groups is 1. The summed E-state index contributed by atoms with van der Waals surface area (Å²) >= 11 is 0. The number of nitrogens with one attached hydrogen (secondary N) is 2. The number of aliphatic hydroxyl groups excluding tert-OH is 1. The van der Waals surface area contributed by atoms with Gasteiger partial charge >= 0.3 is 0 Å². The van der Waals surface area contributed by atoms with E-state index in [2.05, 4.69) is 82.4 Å². The summed E-state index contributed by atoms with van der Waals surface area (Å²) in [6.45, 7) is 23.5. The lowest BCUT2D eigenvalue weighted by atomic mass is 10.0. The number of hydrogen-bond acceptors (Lipinski definition) is 3. The largest absolute Gasteiger partial charge is 0.396 e. The number of H-pyrrole nitrogens is 2. The third kappa shape index (κ3) is 6.09. The lowest BCUT2D eigenvalue weighted by molar-refractivity contribution is 0.295. The van der Waals surface area contributed by atoms with Gasteiger partial charge in [0.25, 0.3) is 0 Å². The topological polar surface area (TPSA) is 77.6 Å². The molecule has 0 spiro atoms. The molecule has 0 fully saturated rings. The van der Waals surface area contributed by atoms with E-state index >= 15 is 0 Å². The number of rotatable bonds is 3. The fourth-order valence-electron chi connectivity index (χ4n) is 5.14. The Bertz CT molecular complexity index is 1530. The van der Waals surface area contributed by atoms with Gasteiger partial charge in [0.05, 0.1) is 11.4 Å². The van der Waals surface area contributed by atoms with E-state index in [0.29, 0.717) is 12.5 Å². The molecule has 2 aliphatic rings. The average molecular weight is 527 g/mol. The molecule has 0 amide bonds. The van der Waals surface area contributed by atoms with Crippen LogP contribution in [-0.2, 0) is 12.8 Å². The van der Waals surface area contributed by atoms with Crippen molar-refractivity contribution in [1.29, 1.82) is 0 Å². The monoisotopic (exact) mass is 526 g/mol. The van der Waals surface area contributed by atoms with Crippen LogP contribution >= 0.6 is 0 Å². The highest BCUT2D eigenvalue weighted by molar-refractivity contribution is 5.86. The van der Waals surface area contributed by atoms with Gasteiger partial charge in [0.2, 0.25) is 0 Å². The van der Waals surface area contributed by atoms with Crippen molar-refractivity contribution >= 4 is 39.8 Å². The van der Waals surface area contributed by atoms with E-state index < -0.39 is 0 Å². The lowest BCUT2D eigenvalue weighted by Gasteiger charge is -2.00. The van der Waals surface area contributed by atoms with Crippen LogP contribution in [0.1, 0.15) is 104 Å². The van der Waals surface area contributed by atoms with Crippen molar-refractivity contribution in [3.05, 3.63) is 75.4 Å². The van der Waals surface area contributed by atoms with E-state index in [1.54, 1.807) is 0 Å². The van der Waals surface area contributed by atoms with Crippen molar-refractivity contribution < 1.29 is 5.11 Å². The second-order valence-corrected chi connectivity index (χ2v) is 10.2. The molecule has 39 heavy (non-hydrogen) atoms. The van der Waals surface area contributed by atoms with E-state index in [0.717, 1.165) is 69.7 Å². The number of allylic oxidation sites excluding steroid dienone is 1. The first-order valence-corrected chi connectivity index (χ1v) is 14.4. The van der Waals surface area contributed by atoms with Gasteiger partial charge < -0.3 is 15.1 Å². The summed E-state index contributed by atoms with van der Waals surface area (Å²) < 4.78 is 0. The highest BCUT2D eigenvalue weighted by atomic mass is 16.2. The van der Waals surface area contributed by atoms with Gasteiger partial charge in [-0.25, -0.2) is 4.98 Å². The second-order valence-electron chi connectivity index (χ2n) is 10.2. The standard InChI is InChI=1S/C29H32N4.C3H8O.C2H6/c1-8-20-18(6)27-14-29-21(9-2)17(5)26(32-29)12-22-15(3)10-24(30-22)19(7)25-11-16(4)23(31-25)13-28(20)33-27;1-2-3-4;1-2/h9,11-15,32-33H,2,8,10H2,1,3-7H3;4H,2-3H2,1H3;1-2H3/t15-;;/m0../s1. The molecule has 5 heterocycles. The van der Waals surface area contributed by atoms with Crippen LogP contribution in [0.2, 0.25) is 0 Å². The summed E-state index contributed by atoms with van der Waals surface area (Å²) in [7, 11) is 0. The predicted molar refractivity (Wildman–Crippen MR) is 169 cm³/mol. The molecular formula is C34H46N4O. The molecule has 0 unspecified atom stereocenters. The molecule has 5 rings (SSSR count). The fraction of sp³-hybridized carbons (Fsp3) is 0.412. The molecule has 2 aliphatic heterocycles. The van der Waals surface area contributed by atoms with E-state index in [9.17, 15) is 0 Å². The molecule has 3 N–H and O–H groups in total. The number of aromatic amines is 2. The molecule has 1 atom stereocenters. The Morgan fingerprint density at radius 3 is 2.18 bits per heavy atom. The number of nitrogens with zero attached hydrogens (tertiary/aromatic N) is 2. The van der Waals surface area contributed by atoms with Crippen molar-refractivity contribution in [2.45, 2.75) is 87.5 Å². The third-order valence-electron chi connectivity index (χ3n) is 7.55. The summed E-state index contributed by atoms with van der Waals surface area (Å²) in [6.07, 6.45) is 6.92. The summed E-state index contributed by atoms with van der Waals surface area (Å²) in [4.78, 5) is 17.4. The number of aromatic nitrogens is 4. The lowest BCUT2D eigenvalue weighted by Crippen LogP contribution is -1.91. The van der Waals surface area contributed by atoms with Crippen LogP contribution in [0.15, 0.2) is 24.8 Å². The Labute approximate surface area is 234 Å². The average Bonchev–Trinajstić information content (AvgIpc) is 3.65. The Kier molecular flexibility index (Phi) is 10.1. The van der Waals surface area contributed by atoms with E-state index in [4.69, 9.17) is 15.1 Å². The maximum absolute atomic E-state index is 7.88. The first kappa shape index (κ1) is 30.1. The van der Waals surface area contributed by atoms with Gasteiger partial charge in [-0.05, 0) is 99.1 Å². The summed E-state index contributed by atoms with van der Waals surface area (Å²) in [6, 6.07) is 6.63. The maximum Gasteiger partial charge on any atom is 0.0687 e. The minimum atomic E-state index is 0.319. The molecule has 0 saturated heterocycles. The van der Waals surface area contributed by atoms with Gasteiger partial charge in [0.15, 0.2) is 0 Å². The molecule has 5 nitrogen and oxygen atoms in total. The van der Waals surface area contributed by atoms with Crippen LogP contribution < -0.4 is 0 Å². The van der Waals surface area contributed by atoms with E-state index in [1.165, 1.54) is 27.8 Å². The Hall–Kier alpha value is -3.44. The smallest absolute Gasteiger partial charge is 0.0687 e. The quantitative estimate of drug-likeness (QED) is 0.319. The third-order valence-corrected chi connectivity index (χ3v) is 7.55. The van der Waals surface area contributed by atoms with Gasteiger partial charge in [-0.1, -0.05) is 47.3 Å². The van der Waals surface area contributed by atoms with Crippen LogP contribution in [0.3, 0.4) is 0 Å². The molecule has 3 aromatic heterocycles. The Balaban J connectivity index is 0.000000644. The maximum atomic E-state index is 7.88. The first-order valence-electron chi connectivity index (χ1n) is 14.4. The first-order chi connectivity index (χ1) is 18.7. The summed E-state index contributed by atoms with van der Waals surface area (Å²) in [5.74, 6) is 0.370. The molecule has 3 aromatic rings. The zero-order valence-electron chi connectivity index (χ0n) is 25.3. The summed E-state index contributed by atoms with van der Waals surface area (Å²) in [5, 5.41) is 7.88. The highest BCUT2D eigenvalue weighted by Gasteiger charge is 2.20. The molecule has 0 aromatic carbocycles. The Morgan fingerprint density at radius 1 is 0.923 bits per heavy atom. The molecule has 0 radical (unpaired) electrons. The van der Waals surface area contributed by atoms with E-state index in [1.807, 2.05) is 26.8 Å². The molecule has 0 saturated carbocycles. The number of hydrogen-bond donors (Lipinski definition) is 3. The highest BCUT2D eigenvalue weighted by Crippen LogP contribution is 2.31. The normalized spacial score (nSPS) is 14.1. The van der Waals surface area contributed by atoms with Crippen LogP contribution in [0.25, 0.3) is 39.8 Å². The number of aryl methyl sites for hydroxylation is 3. The van der Waals surface area contributed by atoms with Crippen molar-refractivity contribution in [3.63, 3.8) is 0 Å². The van der Waals surface area contributed by atoms with Gasteiger partial charge in [-0.3, -0.25) is 4.98 Å². The molecule has 208 valence electrons. The predicted octanol–water partition coefficient (Wildman–Crippen LogP) is 8.77. The second kappa shape index (κ2) is 13.1. The van der Waals surface area contributed by atoms with Gasteiger partial charge in [0, 0.05) is 51.5 Å². The van der Waals surface area contributed by atoms with Crippen molar-refractivity contribution in [2.24, 2.45) is 0 Å². The van der Waals surface area contributed by atoms with Crippen LogP contribution in [0.4, 0.5) is 0 Å². The van der Waals surface area contributed by atoms with Crippen LogP contribution in [-0.4, -0.2) is 31.6 Å². The molecule has 5 heteroatoms. The summed E-state index contributed by atoms with van der Waals surface area (Å²) in [5.41, 5.74) is 16.0. The minimum absolute atomic E-state index is 0.319. The van der Waals surface area contributed by atoms with Gasteiger partial charge in [-0.2, -0.15) is 0 Å². The van der Waals surface area contributed by atoms with Crippen LogP contribution in [0, 0.1) is 20.8 Å². The van der Waals surface area contributed by atoms with E-state index in [-0.39, 0.29) is 0 Å². The van der Waals surface area contributed by atoms with Gasteiger partial charge in [-0.15, -0.1) is 0 Å². The van der Waals surface area contributed by atoms with Crippen molar-refractivity contribution in [2.75, 3.05) is 6.61 Å².